The zero-order chi connectivity index (χ0) is 13.8. The molecule has 3 heteroatoms. The molecule has 1 aliphatic carbocycles. The van der Waals surface area contributed by atoms with Crippen molar-refractivity contribution in [2.75, 3.05) is 13.1 Å². The largest absolute Gasteiger partial charge is 0.347 e. The van der Waals surface area contributed by atoms with Gasteiger partial charge in [-0.2, -0.15) is 0 Å². The molecule has 20 heavy (non-hydrogen) atoms. The minimum atomic E-state index is -0.0491. The summed E-state index contributed by atoms with van der Waals surface area (Å²) in [4.78, 5) is 12.2. The Kier molecular flexibility index (Phi) is 4.06. The van der Waals surface area contributed by atoms with Gasteiger partial charge in [-0.1, -0.05) is 30.3 Å². The first-order chi connectivity index (χ1) is 9.78. The fraction of sp³-hybridized carbons (Fsp3) is 0.588. The number of piperidine rings is 1. The van der Waals surface area contributed by atoms with Crippen LogP contribution in [0.4, 0.5) is 0 Å². The van der Waals surface area contributed by atoms with Crippen LogP contribution in [-0.4, -0.2) is 19.0 Å². The summed E-state index contributed by atoms with van der Waals surface area (Å²) in [6.45, 7) is 2.22. The van der Waals surface area contributed by atoms with E-state index in [0.717, 1.165) is 38.3 Å². The Morgan fingerprint density at radius 3 is 2.55 bits per heavy atom. The third kappa shape index (κ3) is 3.21. The number of hydrogen-bond donors (Lipinski definition) is 2. The molecule has 3 nitrogen and oxygen atoms in total. The van der Waals surface area contributed by atoms with Crippen LogP contribution in [0.2, 0.25) is 0 Å². The third-order valence-corrected chi connectivity index (χ3v) is 4.69. The SMILES string of the molecule is O=C(CCC1CCNCC1)NC1(c2ccccc2)CC1. The Labute approximate surface area is 121 Å². The Morgan fingerprint density at radius 1 is 1.20 bits per heavy atom. The molecule has 1 saturated carbocycles. The molecule has 2 N–H and O–H groups in total. The molecule has 0 unspecified atom stereocenters. The summed E-state index contributed by atoms with van der Waals surface area (Å²) in [5.41, 5.74) is 1.21. The second kappa shape index (κ2) is 5.96. The Balaban J connectivity index is 1.49. The van der Waals surface area contributed by atoms with Crippen molar-refractivity contribution in [3.63, 3.8) is 0 Å². The zero-order valence-electron chi connectivity index (χ0n) is 12.0. The fourth-order valence-corrected chi connectivity index (χ4v) is 3.20. The van der Waals surface area contributed by atoms with Gasteiger partial charge in [0.05, 0.1) is 5.54 Å². The van der Waals surface area contributed by atoms with Gasteiger partial charge >= 0.3 is 0 Å². The zero-order valence-corrected chi connectivity index (χ0v) is 12.0. The first-order valence-electron chi connectivity index (χ1n) is 7.86. The highest BCUT2D eigenvalue weighted by atomic mass is 16.1. The lowest BCUT2D eigenvalue weighted by Gasteiger charge is -2.23. The van der Waals surface area contributed by atoms with Crippen LogP contribution < -0.4 is 10.6 Å². The highest BCUT2D eigenvalue weighted by Gasteiger charge is 2.45. The number of carbonyl (C=O) groups is 1. The van der Waals surface area contributed by atoms with Crippen molar-refractivity contribution in [2.45, 2.75) is 44.1 Å². The van der Waals surface area contributed by atoms with Crippen LogP contribution in [0.3, 0.4) is 0 Å². The van der Waals surface area contributed by atoms with Gasteiger partial charge in [0.25, 0.3) is 0 Å². The summed E-state index contributed by atoms with van der Waals surface area (Å²) in [6.07, 6.45) is 6.32. The molecule has 1 amide bonds. The maximum atomic E-state index is 12.2. The molecular weight excluding hydrogens is 248 g/mol. The second-order valence-corrected chi connectivity index (χ2v) is 6.23. The van der Waals surface area contributed by atoms with Crippen molar-refractivity contribution in [2.24, 2.45) is 5.92 Å². The van der Waals surface area contributed by atoms with Crippen LogP contribution in [-0.2, 0) is 10.3 Å². The predicted octanol–water partition coefficient (Wildman–Crippen LogP) is 2.57. The number of amides is 1. The van der Waals surface area contributed by atoms with Gasteiger partial charge in [-0.05, 0) is 56.7 Å². The number of hydrogen-bond acceptors (Lipinski definition) is 2. The molecule has 2 fully saturated rings. The standard InChI is InChI=1S/C17H24N2O/c20-16(7-6-14-8-12-18-13-9-14)19-17(10-11-17)15-4-2-1-3-5-15/h1-5,14,18H,6-13H2,(H,19,20). The Bertz CT molecular complexity index is 447. The summed E-state index contributed by atoms with van der Waals surface area (Å²) >= 11 is 0. The van der Waals surface area contributed by atoms with Gasteiger partial charge in [-0.15, -0.1) is 0 Å². The first kappa shape index (κ1) is 13.6. The molecule has 1 aromatic carbocycles. The van der Waals surface area contributed by atoms with Gasteiger partial charge < -0.3 is 10.6 Å². The van der Waals surface area contributed by atoms with Crippen molar-refractivity contribution in [1.82, 2.24) is 10.6 Å². The summed E-state index contributed by atoms with van der Waals surface area (Å²) in [7, 11) is 0. The molecule has 0 atom stereocenters. The molecule has 2 aliphatic rings. The average Bonchev–Trinajstić information content (AvgIpc) is 3.28. The van der Waals surface area contributed by atoms with Crippen LogP contribution >= 0.6 is 0 Å². The monoisotopic (exact) mass is 272 g/mol. The highest BCUT2D eigenvalue weighted by Crippen LogP contribution is 2.45. The van der Waals surface area contributed by atoms with E-state index in [9.17, 15) is 4.79 Å². The van der Waals surface area contributed by atoms with E-state index in [2.05, 4.69) is 34.9 Å². The molecular formula is C17H24N2O. The van der Waals surface area contributed by atoms with E-state index in [0.29, 0.717) is 6.42 Å². The predicted molar refractivity (Wildman–Crippen MR) is 80.3 cm³/mol. The van der Waals surface area contributed by atoms with Crippen LogP contribution in [0.15, 0.2) is 30.3 Å². The van der Waals surface area contributed by atoms with Crippen LogP contribution in [0.25, 0.3) is 0 Å². The summed E-state index contributed by atoms with van der Waals surface area (Å²) in [5, 5.41) is 6.64. The van der Waals surface area contributed by atoms with Gasteiger partial charge in [-0.3, -0.25) is 4.79 Å². The normalized spacial score (nSPS) is 21.4. The maximum absolute atomic E-state index is 12.2. The topological polar surface area (TPSA) is 41.1 Å². The van der Waals surface area contributed by atoms with Gasteiger partial charge in [0.15, 0.2) is 0 Å². The molecule has 1 heterocycles. The van der Waals surface area contributed by atoms with E-state index in [1.807, 2.05) is 6.07 Å². The van der Waals surface area contributed by atoms with E-state index in [-0.39, 0.29) is 11.4 Å². The minimum Gasteiger partial charge on any atom is -0.347 e. The van der Waals surface area contributed by atoms with E-state index >= 15 is 0 Å². The Hall–Kier alpha value is -1.35. The number of carbonyl (C=O) groups excluding carboxylic acids is 1. The van der Waals surface area contributed by atoms with Gasteiger partial charge in [0, 0.05) is 6.42 Å². The van der Waals surface area contributed by atoms with Crippen molar-refractivity contribution in [3.05, 3.63) is 35.9 Å². The van der Waals surface area contributed by atoms with Crippen molar-refractivity contribution < 1.29 is 4.79 Å². The minimum absolute atomic E-state index is 0.0491. The van der Waals surface area contributed by atoms with Gasteiger partial charge in [0.1, 0.15) is 0 Å². The van der Waals surface area contributed by atoms with Crippen LogP contribution in [0, 0.1) is 5.92 Å². The van der Waals surface area contributed by atoms with Gasteiger partial charge in [-0.25, -0.2) is 0 Å². The molecule has 0 bridgehead atoms. The smallest absolute Gasteiger partial charge is 0.220 e. The van der Waals surface area contributed by atoms with Crippen molar-refractivity contribution in [1.29, 1.82) is 0 Å². The van der Waals surface area contributed by atoms with E-state index in [4.69, 9.17) is 0 Å². The molecule has 3 rings (SSSR count). The lowest BCUT2D eigenvalue weighted by atomic mass is 9.93. The number of benzene rings is 1. The summed E-state index contributed by atoms with van der Waals surface area (Å²) < 4.78 is 0. The molecule has 1 saturated heterocycles. The van der Waals surface area contributed by atoms with E-state index in [1.54, 1.807) is 0 Å². The van der Waals surface area contributed by atoms with Crippen LogP contribution in [0.5, 0.6) is 0 Å². The quantitative estimate of drug-likeness (QED) is 0.865. The summed E-state index contributed by atoms with van der Waals surface area (Å²) in [6, 6.07) is 10.4. The van der Waals surface area contributed by atoms with E-state index in [1.165, 1.54) is 18.4 Å². The molecule has 0 aromatic heterocycles. The molecule has 0 spiro atoms. The fourth-order valence-electron chi connectivity index (χ4n) is 3.20. The van der Waals surface area contributed by atoms with Crippen LogP contribution in [0.1, 0.15) is 44.1 Å². The molecule has 108 valence electrons. The van der Waals surface area contributed by atoms with Crippen molar-refractivity contribution in [3.8, 4) is 0 Å². The third-order valence-electron chi connectivity index (χ3n) is 4.69. The summed E-state index contributed by atoms with van der Waals surface area (Å²) in [5.74, 6) is 0.957. The average molecular weight is 272 g/mol. The molecule has 1 aliphatic heterocycles. The lowest BCUT2D eigenvalue weighted by Crippen LogP contribution is -2.35. The van der Waals surface area contributed by atoms with Crippen molar-refractivity contribution >= 4 is 5.91 Å². The maximum Gasteiger partial charge on any atom is 0.220 e. The first-order valence-corrected chi connectivity index (χ1v) is 7.86. The molecule has 1 aromatic rings. The van der Waals surface area contributed by atoms with E-state index < -0.39 is 0 Å². The Morgan fingerprint density at radius 2 is 1.90 bits per heavy atom. The molecule has 0 radical (unpaired) electrons. The van der Waals surface area contributed by atoms with Gasteiger partial charge in [0.2, 0.25) is 5.91 Å². The highest BCUT2D eigenvalue weighted by molar-refractivity contribution is 5.77. The number of rotatable bonds is 5. The number of nitrogens with one attached hydrogen (secondary N) is 2. The second-order valence-electron chi connectivity index (χ2n) is 6.23. The lowest BCUT2D eigenvalue weighted by molar-refractivity contribution is -0.122.